The van der Waals surface area contributed by atoms with Crippen LogP contribution in [0, 0.1) is 13.8 Å². The van der Waals surface area contributed by atoms with Crippen molar-refractivity contribution in [2.24, 2.45) is 0 Å². The first kappa shape index (κ1) is 18.3. The van der Waals surface area contributed by atoms with Crippen LogP contribution >= 0.6 is 0 Å². The third-order valence-corrected chi connectivity index (χ3v) is 5.87. The van der Waals surface area contributed by atoms with Gasteiger partial charge in [-0.1, -0.05) is 0 Å². The maximum atomic E-state index is 12.4. The van der Waals surface area contributed by atoms with Crippen LogP contribution in [0.15, 0.2) is 23.4 Å². The SMILES string of the molecule is Cc1n[nH]c(C)c1S(=O)(=O)NCC(=O)N1CCN(c2ncccn2)CC1. The zero-order valence-corrected chi connectivity index (χ0v) is 15.5. The monoisotopic (exact) mass is 379 g/mol. The molecule has 26 heavy (non-hydrogen) atoms. The van der Waals surface area contributed by atoms with E-state index in [1.165, 1.54) is 0 Å². The number of nitrogens with one attached hydrogen (secondary N) is 2. The highest BCUT2D eigenvalue weighted by atomic mass is 32.2. The predicted octanol–water partition coefficient (Wildman–Crippen LogP) is -0.556. The van der Waals surface area contributed by atoms with Crippen molar-refractivity contribution in [1.29, 1.82) is 0 Å². The van der Waals surface area contributed by atoms with E-state index in [0.29, 0.717) is 43.5 Å². The number of hydrogen-bond acceptors (Lipinski definition) is 7. The van der Waals surface area contributed by atoms with E-state index in [2.05, 4.69) is 24.9 Å². The quantitative estimate of drug-likeness (QED) is 0.714. The van der Waals surface area contributed by atoms with Crippen molar-refractivity contribution in [3.05, 3.63) is 29.8 Å². The number of carbonyl (C=O) groups is 1. The van der Waals surface area contributed by atoms with Crippen molar-refractivity contribution < 1.29 is 13.2 Å². The summed E-state index contributed by atoms with van der Waals surface area (Å²) in [5.41, 5.74) is 0.817. The van der Waals surface area contributed by atoms with E-state index < -0.39 is 10.0 Å². The van der Waals surface area contributed by atoms with E-state index in [1.54, 1.807) is 37.2 Å². The van der Waals surface area contributed by atoms with Gasteiger partial charge in [-0.3, -0.25) is 9.89 Å². The molecule has 0 spiro atoms. The van der Waals surface area contributed by atoms with Crippen molar-refractivity contribution in [3.8, 4) is 0 Å². The molecule has 1 fully saturated rings. The average molecular weight is 379 g/mol. The largest absolute Gasteiger partial charge is 0.338 e. The lowest BCUT2D eigenvalue weighted by Gasteiger charge is -2.34. The van der Waals surface area contributed by atoms with Crippen LogP contribution in [-0.4, -0.2) is 72.1 Å². The number of anilines is 1. The second-order valence-corrected chi connectivity index (χ2v) is 7.71. The minimum atomic E-state index is -3.79. The van der Waals surface area contributed by atoms with Crippen LogP contribution in [0.25, 0.3) is 0 Å². The van der Waals surface area contributed by atoms with Crippen molar-refractivity contribution in [3.63, 3.8) is 0 Å². The fraction of sp³-hybridized carbons (Fsp3) is 0.467. The Morgan fingerprint density at radius 1 is 1.19 bits per heavy atom. The minimum Gasteiger partial charge on any atom is -0.338 e. The summed E-state index contributed by atoms with van der Waals surface area (Å²) >= 11 is 0. The molecule has 1 aliphatic heterocycles. The molecule has 11 heteroatoms. The second-order valence-electron chi connectivity index (χ2n) is 6.00. The van der Waals surface area contributed by atoms with Gasteiger partial charge >= 0.3 is 0 Å². The topological polar surface area (TPSA) is 124 Å². The molecule has 0 bridgehead atoms. The fourth-order valence-corrected chi connectivity index (χ4v) is 4.23. The molecule has 10 nitrogen and oxygen atoms in total. The van der Waals surface area contributed by atoms with Gasteiger partial charge in [0, 0.05) is 38.6 Å². The van der Waals surface area contributed by atoms with Crippen molar-refractivity contribution >= 4 is 21.9 Å². The molecule has 2 aromatic heterocycles. The summed E-state index contributed by atoms with van der Waals surface area (Å²) in [6.07, 6.45) is 3.35. The van der Waals surface area contributed by atoms with Crippen LogP contribution in [0.5, 0.6) is 0 Å². The van der Waals surface area contributed by atoms with Crippen molar-refractivity contribution in [1.82, 2.24) is 29.8 Å². The van der Waals surface area contributed by atoms with E-state index in [9.17, 15) is 13.2 Å². The minimum absolute atomic E-state index is 0.0938. The molecule has 0 unspecified atom stereocenters. The number of aryl methyl sites for hydroxylation is 2. The van der Waals surface area contributed by atoms with Crippen LogP contribution in [0.4, 0.5) is 5.95 Å². The van der Waals surface area contributed by atoms with Crippen LogP contribution in [-0.2, 0) is 14.8 Å². The van der Waals surface area contributed by atoms with Crippen LogP contribution in [0.1, 0.15) is 11.4 Å². The Labute approximate surface area is 151 Å². The molecule has 0 radical (unpaired) electrons. The number of sulfonamides is 1. The average Bonchev–Trinajstić information content (AvgIpc) is 3.00. The van der Waals surface area contributed by atoms with Gasteiger partial charge in [-0.25, -0.2) is 23.1 Å². The van der Waals surface area contributed by atoms with E-state index in [4.69, 9.17) is 0 Å². The predicted molar refractivity (Wildman–Crippen MR) is 94.1 cm³/mol. The highest BCUT2D eigenvalue weighted by Crippen LogP contribution is 2.16. The van der Waals surface area contributed by atoms with Crippen LogP contribution in [0.3, 0.4) is 0 Å². The van der Waals surface area contributed by atoms with Gasteiger partial charge in [-0.15, -0.1) is 0 Å². The lowest BCUT2D eigenvalue weighted by atomic mass is 10.3. The Balaban J connectivity index is 1.55. The molecule has 0 atom stereocenters. The van der Waals surface area contributed by atoms with Gasteiger partial charge in [0.05, 0.1) is 17.9 Å². The summed E-state index contributed by atoms with van der Waals surface area (Å²) in [6, 6.07) is 1.75. The number of carbonyl (C=O) groups excluding carboxylic acids is 1. The number of hydrogen-bond donors (Lipinski definition) is 2. The normalized spacial score (nSPS) is 15.3. The first-order valence-corrected chi connectivity index (χ1v) is 9.68. The van der Waals surface area contributed by atoms with E-state index in [1.807, 2.05) is 4.90 Å². The first-order valence-electron chi connectivity index (χ1n) is 8.19. The molecule has 0 aliphatic carbocycles. The van der Waals surface area contributed by atoms with E-state index in [-0.39, 0.29) is 17.3 Å². The smallest absolute Gasteiger partial charge is 0.244 e. The van der Waals surface area contributed by atoms with Crippen molar-refractivity contribution in [2.45, 2.75) is 18.7 Å². The highest BCUT2D eigenvalue weighted by Gasteiger charge is 2.26. The maximum Gasteiger partial charge on any atom is 0.244 e. The first-order chi connectivity index (χ1) is 12.4. The molecule has 3 rings (SSSR count). The summed E-state index contributed by atoms with van der Waals surface area (Å²) in [4.78, 5) is 24.5. The highest BCUT2D eigenvalue weighted by molar-refractivity contribution is 7.89. The summed E-state index contributed by atoms with van der Waals surface area (Å²) < 4.78 is 27.2. The number of H-pyrrole nitrogens is 1. The third-order valence-electron chi connectivity index (χ3n) is 4.21. The van der Waals surface area contributed by atoms with Crippen LogP contribution in [0.2, 0.25) is 0 Å². The number of rotatable bonds is 5. The summed E-state index contributed by atoms with van der Waals surface area (Å²) in [5.74, 6) is 0.368. The molecule has 2 aromatic rings. The molecule has 0 aromatic carbocycles. The van der Waals surface area contributed by atoms with Gasteiger partial charge in [0.15, 0.2) is 0 Å². The summed E-state index contributed by atoms with van der Waals surface area (Å²) in [7, 11) is -3.79. The van der Waals surface area contributed by atoms with E-state index in [0.717, 1.165) is 0 Å². The Morgan fingerprint density at radius 3 is 2.42 bits per heavy atom. The lowest BCUT2D eigenvalue weighted by Crippen LogP contribution is -2.51. The molecule has 3 heterocycles. The molecule has 140 valence electrons. The van der Waals surface area contributed by atoms with Gasteiger partial charge in [0.25, 0.3) is 0 Å². The molecule has 1 aliphatic rings. The molecule has 0 saturated carbocycles. The van der Waals surface area contributed by atoms with Gasteiger partial charge < -0.3 is 9.80 Å². The second kappa shape index (κ2) is 7.38. The number of nitrogens with zero attached hydrogens (tertiary/aromatic N) is 5. The van der Waals surface area contributed by atoms with Gasteiger partial charge in [-0.05, 0) is 19.9 Å². The Hall–Kier alpha value is -2.53. The standard InChI is InChI=1S/C15H21N7O3S/c1-11-14(12(2)20-19-11)26(24,25)18-10-13(23)21-6-8-22(9-7-21)15-16-4-3-5-17-15/h3-5,18H,6-10H2,1-2H3,(H,19,20). The number of aromatic amines is 1. The van der Waals surface area contributed by atoms with Crippen LogP contribution < -0.4 is 9.62 Å². The molecular formula is C15H21N7O3S. The Morgan fingerprint density at radius 2 is 1.85 bits per heavy atom. The summed E-state index contributed by atoms with van der Waals surface area (Å²) in [5, 5.41) is 6.51. The zero-order valence-electron chi connectivity index (χ0n) is 14.6. The maximum absolute atomic E-state index is 12.4. The molecule has 1 saturated heterocycles. The number of piperazine rings is 1. The number of aromatic nitrogens is 4. The fourth-order valence-electron chi connectivity index (χ4n) is 2.89. The molecule has 2 N–H and O–H groups in total. The summed E-state index contributed by atoms with van der Waals surface area (Å²) in [6.45, 7) is 5.12. The van der Waals surface area contributed by atoms with Gasteiger partial charge in [0.2, 0.25) is 21.9 Å². The van der Waals surface area contributed by atoms with Gasteiger partial charge in [-0.2, -0.15) is 5.10 Å². The van der Waals surface area contributed by atoms with Crippen molar-refractivity contribution in [2.75, 3.05) is 37.6 Å². The lowest BCUT2D eigenvalue weighted by molar-refractivity contribution is -0.130. The Kier molecular flexibility index (Phi) is 5.18. The van der Waals surface area contributed by atoms with Gasteiger partial charge in [0.1, 0.15) is 4.90 Å². The Bertz CT molecular complexity index is 854. The zero-order chi connectivity index (χ0) is 18.7. The number of amides is 1. The third kappa shape index (κ3) is 3.83. The molecular weight excluding hydrogens is 358 g/mol. The van der Waals surface area contributed by atoms with E-state index >= 15 is 0 Å². The molecule has 1 amide bonds.